The second-order valence-corrected chi connectivity index (χ2v) is 6.15. The third kappa shape index (κ3) is 2.52. The number of benzene rings is 2. The molecule has 1 aliphatic rings. The van der Waals surface area contributed by atoms with E-state index in [0.29, 0.717) is 10.6 Å². The topological polar surface area (TPSA) is 49.3 Å². The number of halogens is 1. The zero-order valence-electron chi connectivity index (χ0n) is 10.9. The molecule has 21 heavy (non-hydrogen) atoms. The molecule has 5 heteroatoms. The first-order chi connectivity index (χ1) is 10.1. The van der Waals surface area contributed by atoms with E-state index < -0.39 is 10.8 Å². The second kappa shape index (κ2) is 5.47. The number of rotatable bonds is 3. The molecule has 2 aromatic rings. The van der Waals surface area contributed by atoms with Crippen molar-refractivity contribution in [1.82, 2.24) is 5.32 Å². The number of hydrogen-bond donors (Lipinski definition) is 2. The lowest BCUT2D eigenvalue weighted by molar-refractivity contribution is -0.140. The van der Waals surface area contributed by atoms with Crippen molar-refractivity contribution in [3.8, 4) is 0 Å². The predicted molar refractivity (Wildman–Crippen MR) is 85.9 cm³/mol. The van der Waals surface area contributed by atoms with Crippen molar-refractivity contribution in [3.05, 3.63) is 76.2 Å². The van der Waals surface area contributed by atoms with Crippen LogP contribution in [0.25, 0.3) is 5.70 Å². The van der Waals surface area contributed by atoms with Crippen molar-refractivity contribution in [3.63, 3.8) is 0 Å². The maximum absolute atomic E-state index is 11.8. The van der Waals surface area contributed by atoms with E-state index in [2.05, 4.69) is 5.32 Å². The average Bonchev–Trinajstić information content (AvgIpc) is 2.95. The first-order valence-electron chi connectivity index (χ1n) is 6.33. The Bertz CT molecular complexity index is 700. The van der Waals surface area contributed by atoms with Crippen LogP contribution < -0.4 is 5.32 Å². The number of carboxylic acids is 1. The van der Waals surface area contributed by atoms with Crippen molar-refractivity contribution in [2.45, 2.75) is 4.87 Å². The molecule has 0 bridgehead atoms. The molecular weight excluding hydrogens is 306 g/mol. The smallest absolute Gasteiger partial charge is 0.345 e. The SMILES string of the molecule is O=C(O)C1(c2ccccc2)NC(c2ccc(Cl)cc2)=CS1. The molecule has 3 nitrogen and oxygen atoms in total. The van der Waals surface area contributed by atoms with Gasteiger partial charge in [-0.3, -0.25) is 0 Å². The third-order valence-electron chi connectivity index (χ3n) is 3.30. The van der Waals surface area contributed by atoms with Crippen molar-refractivity contribution in [2.75, 3.05) is 0 Å². The van der Waals surface area contributed by atoms with Gasteiger partial charge in [0.2, 0.25) is 4.87 Å². The van der Waals surface area contributed by atoms with Crippen LogP contribution in [0.5, 0.6) is 0 Å². The van der Waals surface area contributed by atoms with Gasteiger partial charge in [-0.15, -0.1) is 0 Å². The fraction of sp³-hybridized carbons (Fsp3) is 0.0625. The van der Waals surface area contributed by atoms with Crippen LogP contribution in [-0.4, -0.2) is 11.1 Å². The Balaban J connectivity index is 1.95. The molecule has 106 valence electrons. The highest BCUT2D eigenvalue weighted by molar-refractivity contribution is 8.04. The fourth-order valence-corrected chi connectivity index (χ4v) is 3.36. The van der Waals surface area contributed by atoms with Crippen LogP contribution in [0.15, 0.2) is 60.0 Å². The Morgan fingerprint density at radius 3 is 2.38 bits per heavy atom. The number of carboxylic acid groups (broad SMARTS) is 1. The molecule has 3 rings (SSSR count). The summed E-state index contributed by atoms with van der Waals surface area (Å²) in [4.78, 5) is 10.6. The molecule has 0 radical (unpaired) electrons. The van der Waals surface area contributed by atoms with E-state index in [4.69, 9.17) is 11.6 Å². The number of aliphatic carboxylic acids is 1. The van der Waals surface area contributed by atoms with Gasteiger partial charge in [0.05, 0.1) is 0 Å². The summed E-state index contributed by atoms with van der Waals surface area (Å²) in [6.07, 6.45) is 0. The predicted octanol–water partition coefficient (Wildman–Crippen LogP) is 3.91. The Labute approximate surface area is 131 Å². The molecule has 1 unspecified atom stereocenters. The van der Waals surface area contributed by atoms with Gasteiger partial charge in [-0.1, -0.05) is 65.8 Å². The quantitative estimate of drug-likeness (QED) is 0.901. The Morgan fingerprint density at radius 2 is 1.76 bits per heavy atom. The Kier molecular flexibility index (Phi) is 3.66. The number of hydrogen-bond acceptors (Lipinski definition) is 3. The van der Waals surface area contributed by atoms with Gasteiger partial charge in [0, 0.05) is 10.7 Å². The molecule has 0 saturated carbocycles. The Morgan fingerprint density at radius 1 is 1.10 bits per heavy atom. The lowest BCUT2D eigenvalue weighted by Gasteiger charge is -2.26. The molecule has 1 atom stereocenters. The first-order valence-corrected chi connectivity index (χ1v) is 7.58. The van der Waals surface area contributed by atoms with Crippen LogP contribution in [-0.2, 0) is 9.67 Å². The van der Waals surface area contributed by atoms with Crippen LogP contribution in [0, 0.1) is 0 Å². The number of nitrogens with one attached hydrogen (secondary N) is 1. The van der Waals surface area contributed by atoms with E-state index in [-0.39, 0.29) is 0 Å². The van der Waals surface area contributed by atoms with Crippen LogP contribution in [0.2, 0.25) is 5.02 Å². The molecular formula is C16H12ClNO2S. The van der Waals surface area contributed by atoms with Crippen molar-refractivity contribution >= 4 is 35.0 Å². The van der Waals surface area contributed by atoms with E-state index in [1.165, 1.54) is 11.8 Å². The van der Waals surface area contributed by atoms with E-state index in [1.54, 1.807) is 12.1 Å². The first kappa shape index (κ1) is 14.0. The maximum Gasteiger partial charge on any atom is 0.345 e. The average molecular weight is 318 g/mol. The zero-order valence-corrected chi connectivity index (χ0v) is 12.5. The lowest BCUT2D eigenvalue weighted by atomic mass is 10.0. The molecule has 0 saturated heterocycles. The normalized spacial score (nSPS) is 20.7. The summed E-state index contributed by atoms with van der Waals surface area (Å²) in [6, 6.07) is 16.5. The molecule has 2 N–H and O–H groups in total. The van der Waals surface area contributed by atoms with Crippen LogP contribution >= 0.6 is 23.4 Å². The van der Waals surface area contributed by atoms with Crippen LogP contribution in [0.1, 0.15) is 11.1 Å². The van der Waals surface area contributed by atoms with Gasteiger partial charge in [0.25, 0.3) is 0 Å². The van der Waals surface area contributed by atoms with Crippen LogP contribution in [0.4, 0.5) is 0 Å². The van der Waals surface area contributed by atoms with Gasteiger partial charge in [-0.2, -0.15) is 0 Å². The van der Waals surface area contributed by atoms with Crippen molar-refractivity contribution < 1.29 is 9.90 Å². The number of thioether (sulfide) groups is 1. The maximum atomic E-state index is 11.8. The molecule has 0 aromatic heterocycles. The van der Waals surface area contributed by atoms with E-state index in [9.17, 15) is 9.90 Å². The summed E-state index contributed by atoms with van der Waals surface area (Å²) in [5, 5.41) is 15.3. The largest absolute Gasteiger partial charge is 0.479 e. The van der Waals surface area contributed by atoms with Gasteiger partial charge < -0.3 is 10.4 Å². The zero-order chi connectivity index (χ0) is 14.9. The second-order valence-electron chi connectivity index (χ2n) is 4.63. The highest BCUT2D eigenvalue weighted by atomic mass is 35.5. The summed E-state index contributed by atoms with van der Waals surface area (Å²) < 4.78 is 0. The van der Waals surface area contributed by atoms with E-state index >= 15 is 0 Å². The lowest BCUT2D eigenvalue weighted by Crippen LogP contribution is -2.42. The number of carbonyl (C=O) groups is 1. The molecule has 0 amide bonds. The Hall–Kier alpha value is -1.91. The van der Waals surface area contributed by atoms with Crippen molar-refractivity contribution in [1.29, 1.82) is 0 Å². The highest BCUT2D eigenvalue weighted by Crippen LogP contribution is 2.43. The minimum atomic E-state index is -1.18. The van der Waals surface area contributed by atoms with Gasteiger partial charge in [0.15, 0.2) is 0 Å². The van der Waals surface area contributed by atoms with Gasteiger partial charge in [0.1, 0.15) is 0 Å². The van der Waals surface area contributed by atoms with Gasteiger partial charge in [-0.25, -0.2) is 4.79 Å². The highest BCUT2D eigenvalue weighted by Gasteiger charge is 2.44. The summed E-state index contributed by atoms with van der Waals surface area (Å²) >= 11 is 7.13. The van der Waals surface area contributed by atoms with Gasteiger partial charge >= 0.3 is 5.97 Å². The third-order valence-corrected chi connectivity index (χ3v) is 4.77. The minimum absolute atomic E-state index is 0.651. The molecule has 0 spiro atoms. The van der Waals surface area contributed by atoms with Gasteiger partial charge in [-0.05, 0) is 28.7 Å². The summed E-state index contributed by atoms with van der Waals surface area (Å²) in [5.74, 6) is -0.918. The van der Waals surface area contributed by atoms with E-state index in [1.807, 2.05) is 47.9 Å². The molecule has 2 aromatic carbocycles. The summed E-state index contributed by atoms with van der Waals surface area (Å²) in [5.41, 5.74) is 2.40. The summed E-state index contributed by atoms with van der Waals surface area (Å²) in [7, 11) is 0. The standard InChI is InChI=1S/C16H12ClNO2S/c17-13-8-6-11(7-9-13)14-10-21-16(18-14,15(19)20)12-4-2-1-3-5-12/h1-10,18H,(H,19,20). The van der Waals surface area contributed by atoms with Crippen LogP contribution in [0.3, 0.4) is 0 Å². The molecule has 0 aliphatic carbocycles. The minimum Gasteiger partial charge on any atom is -0.479 e. The van der Waals surface area contributed by atoms with Crippen molar-refractivity contribution in [2.24, 2.45) is 0 Å². The fourth-order valence-electron chi connectivity index (χ4n) is 2.21. The van der Waals surface area contributed by atoms with E-state index in [0.717, 1.165) is 11.3 Å². The summed E-state index contributed by atoms with van der Waals surface area (Å²) in [6.45, 7) is 0. The monoisotopic (exact) mass is 317 g/mol. The molecule has 1 heterocycles. The molecule has 1 aliphatic heterocycles. The molecule has 0 fully saturated rings.